The molecule has 410 valence electrons. The van der Waals surface area contributed by atoms with Crippen LogP contribution in [0.1, 0.15) is 52.5 Å². The van der Waals surface area contributed by atoms with Crippen LogP contribution in [0.25, 0.3) is 139 Å². The van der Waals surface area contributed by atoms with Crippen molar-refractivity contribution in [3.8, 4) is 95.5 Å². The molecule has 11 aromatic carbocycles. The number of aryl methyl sites for hydroxylation is 2. The first kappa shape index (κ1) is 41.2. The van der Waals surface area contributed by atoms with E-state index in [9.17, 15) is 2.74 Å². The Morgan fingerprint density at radius 2 is 1.24 bits per heavy atom. The number of benzene rings is 11. The van der Waals surface area contributed by atoms with E-state index in [-0.39, 0.29) is 54.3 Å². The number of fused-ring (bicyclic) bond motifs is 13. The van der Waals surface area contributed by atoms with Gasteiger partial charge < -0.3 is 18.3 Å². The maximum Gasteiger partial charge on any atom is 0.268 e. The fourth-order valence-electron chi connectivity index (χ4n) is 12.4. The number of nitrogens with zero attached hydrogens (tertiary/aromatic N) is 4. The van der Waals surface area contributed by atoms with Crippen molar-refractivity contribution in [2.75, 3.05) is 0 Å². The second-order valence-corrected chi connectivity index (χ2v) is 22.3. The molecule has 0 radical (unpaired) electrons. The molecule has 0 N–H and O–H groups in total. The Hall–Kier alpha value is -9.87. The predicted molar refractivity (Wildman–Crippen MR) is 342 cm³/mol. The van der Waals surface area contributed by atoms with Gasteiger partial charge in [-0.25, -0.2) is 4.98 Å². The zero-order valence-electron chi connectivity index (χ0n) is 57.1. The largest absolute Gasteiger partial charge is 0.510 e. The van der Waals surface area contributed by atoms with Gasteiger partial charge in [-0.2, -0.15) is 18.2 Å². The molecule has 0 saturated carbocycles. The molecule has 7 heteroatoms. The molecule has 4 aromatic heterocycles. The average molecular weight is 1290 g/mol. The molecule has 0 bridgehead atoms. The van der Waals surface area contributed by atoms with Crippen LogP contribution in [0.2, 0.25) is 0 Å². The summed E-state index contributed by atoms with van der Waals surface area (Å²) in [6.45, 7) is 0.902. The minimum absolute atomic E-state index is 0. The van der Waals surface area contributed by atoms with Gasteiger partial charge in [0.25, 0.3) is 6.33 Å². The number of hydrogen-bond donors (Lipinski definition) is 0. The number of pyridine rings is 1. The van der Waals surface area contributed by atoms with Crippen LogP contribution < -0.4 is 9.30 Å². The van der Waals surface area contributed by atoms with Crippen LogP contribution in [-0.2, 0) is 26.5 Å². The van der Waals surface area contributed by atoms with Gasteiger partial charge in [0.15, 0.2) is 0 Å². The molecule has 0 spiro atoms. The Morgan fingerprint density at radius 3 is 2.07 bits per heavy atom. The van der Waals surface area contributed by atoms with Crippen molar-refractivity contribution >= 4 is 54.8 Å². The van der Waals surface area contributed by atoms with Gasteiger partial charge in [-0.1, -0.05) is 184 Å². The van der Waals surface area contributed by atoms with Gasteiger partial charge in [0.2, 0.25) is 0 Å². The summed E-state index contributed by atoms with van der Waals surface area (Å²) >= 11 is 0. The number of furan rings is 1. The molecule has 1 aliphatic heterocycles. The molecule has 0 unspecified atom stereocenters. The Kier molecular flexibility index (Phi) is 9.78. The van der Waals surface area contributed by atoms with Crippen molar-refractivity contribution in [1.82, 2.24) is 14.1 Å². The van der Waals surface area contributed by atoms with Crippen molar-refractivity contribution in [2.24, 2.45) is 0 Å². The molecule has 85 heavy (non-hydrogen) atoms. The molecule has 16 rings (SSSR count). The SMILES string of the molecule is [2H]c1c([2H])c([2H])c(-c2cccc3c2-c2ccccc2-c2cc(-c4ccc5oc6ccccc6c5c4)cc4c2[n+]([c-]n4-c2[c-]c(Oc4[c-]c5c(cc4)c4ccccc4n5-c4cc(C(C)(C)C)ccn4)ccc2)-c2c-3cccc2-c2c(C([2H])([2H])[2H])cccc2C([2H])([2H])[2H])c([2H])c1[2H].[Pt]. The number of imidazole rings is 1. The van der Waals surface area contributed by atoms with E-state index in [0.29, 0.717) is 78.4 Å². The van der Waals surface area contributed by atoms with Gasteiger partial charge in [0.1, 0.15) is 17.0 Å². The first-order chi connectivity index (χ1) is 45.6. The predicted octanol–water partition coefficient (Wildman–Crippen LogP) is 19.7. The summed E-state index contributed by atoms with van der Waals surface area (Å²) in [7, 11) is 0. The molecular formula is C78H54N4O2Pt-2. The van der Waals surface area contributed by atoms with Crippen molar-refractivity contribution in [1.29, 1.82) is 0 Å². The minimum Gasteiger partial charge on any atom is -0.510 e. The van der Waals surface area contributed by atoms with Gasteiger partial charge >= 0.3 is 0 Å². The third kappa shape index (κ3) is 8.49. The van der Waals surface area contributed by atoms with E-state index in [1.54, 1.807) is 24.3 Å². The number of ether oxygens (including phenoxy) is 1. The van der Waals surface area contributed by atoms with E-state index >= 15 is 0 Å². The van der Waals surface area contributed by atoms with Crippen LogP contribution in [0.4, 0.5) is 0 Å². The van der Waals surface area contributed by atoms with E-state index in [1.807, 2.05) is 137 Å². The van der Waals surface area contributed by atoms with Crippen molar-refractivity contribution in [3.05, 3.63) is 272 Å². The second-order valence-electron chi connectivity index (χ2n) is 22.3. The smallest absolute Gasteiger partial charge is 0.268 e. The molecule has 0 atom stereocenters. The Bertz CT molecular complexity index is 5700. The molecule has 0 aliphatic carbocycles. The summed E-state index contributed by atoms with van der Waals surface area (Å²) in [5.41, 5.74) is 11.4. The zero-order chi connectivity index (χ0) is 65.7. The topological polar surface area (TPSA) is 49.0 Å². The zero-order valence-corrected chi connectivity index (χ0v) is 48.3. The van der Waals surface area contributed by atoms with Crippen LogP contribution in [0.15, 0.2) is 241 Å². The van der Waals surface area contributed by atoms with Crippen LogP contribution in [0.5, 0.6) is 11.5 Å². The summed E-state index contributed by atoms with van der Waals surface area (Å²) in [5, 5.41) is 3.82. The Balaban J connectivity index is 0.00000756. The van der Waals surface area contributed by atoms with Gasteiger partial charge in [0, 0.05) is 63.3 Å². The van der Waals surface area contributed by atoms with Crippen LogP contribution in [0.3, 0.4) is 0 Å². The fourth-order valence-corrected chi connectivity index (χ4v) is 12.4. The van der Waals surface area contributed by atoms with Gasteiger partial charge in [0.05, 0.1) is 23.6 Å². The maximum absolute atomic E-state index is 9.45. The van der Waals surface area contributed by atoms with E-state index in [1.165, 1.54) is 18.2 Å². The number of aromatic nitrogens is 4. The monoisotopic (exact) mass is 1280 g/mol. The molecule has 0 saturated heterocycles. The maximum atomic E-state index is 9.45. The first-order valence-electron chi connectivity index (χ1n) is 33.3. The van der Waals surface area contributed by atoms with Crippen LogP contribution in [0, 0.1) is 32.2 Å². The van der Waals surface area contributed by atoms with E-state index < -0.39 is 43.9 Å². The van der Waals surface area contributed by atoms with Crippen molar-refractivity contribution in [2.45, 2.75) is 39.9 Å². The fraction of sp³-hybridized carbons (Fsp3) is 0.0769. The van der Waals surface area contributed by atoms with Gasteiger partial charge in [-0.15, -0.1) is 29.7 Å². The number of para-hydroxylation sites is 3. The quantitative estimate of drug-likeness (QED) is 0.118. The van der Waals surface area contributed by atoms with E-state index in [0.717, 1.165) is 60.7 Å². The van der Waals surface area contributed by atoms with Crippen molar-refractivity contribution < 1.29 is 49.9 Å². The summed E-state index contributed by atoms with van der Waals surface area (Å²) in [6, 6.07) is 67.7. The van der Waals surface area contributed by atoms with E-state index in [2.05, 4.69) is 80.2 Å². The van der Waals surface area contributed by atoms with E-state index in [4.69, 9.17) is 26.5 Å². The van der Waals surface area contributed by atoms with Gasteiger partial charge in [-0.3, -0.25) is 4.57 Å². The number of hydrogen-bond acceptors (Lipinski definition) is 3. The Labute approximate surface area is 523 Å². The average Bonchev–Trinajstić information content (AvgIpc) is 1.32. The molecule has 0 fully saturated rings. The summed E-state index contributed by atoms with van der Waals surface area (Å²) in [5.74, 6) is 1.51. The van der Waals surface area contributed by atoms with Crippen molar-refractivity contribution in [3.63, 3.8) is 0 Å². The summed E-state index contributed by atoms with van der Waals surface area (Å²) < 4.78 is 119. The molecule has 6 nitrogen and oxygen atoms in total. The standard InChI is InChI=1S/C78H54N4O2.Pt/c1-48-19-15-20-49(2)74(48)65-32-18-31-64-63-30-17-29-57(50-21-7-6-8-22-50)75(63)62-28-10-9-25-58(62)67-42-52(51-35-38-72-66(41-51)61-27-12-14-34-71(61)84-72)43-70-77(67)81(76(64)65)47-80(70)54-23-16-24-55(45-54)83-56-36-37-60-59-26-11-13-33-68(59)82(69(60)46-56)73-44-53(39-40-79-73)78(3,4)5;/h6-44H,1-5H3;/q-2;/i1D3,2D3,6D,7D,8D,21D,22D;. The van der Waals surface area contributed by atoms with Gasteiger partial charge in [-0.05, 0) is 156 Å². The first-order valence-corrected chi connectivity index (χ1v) is 27.8. The second kappa shape index (κ2) is 20.2. The third-order valence-corrected chi connectivity index (χ3v) is 16.3. The van der Waals surface area contributed by atoms with Crippen LogP contribution >= 0.6 is 0 Å². The minimum atomic E-state index is -2.81. The summed E-state index contributed by atoms with van der Waals surface area (Å²) in [4.78, 5) is 4.89. The number of rotatable bonds is 7. The molecule has 15 aromatic rings. The summed E-state index contributed by atoms with van der Waals surface area (Å²) in [6.07, 6.45) is 5.61. The Morgan fingerprint density at radius 1 is 0.529 bits per heavy atom. The van der Waals surface area contributed by atoms with Crippen LogP contribution in [-0.4, -0.2) is 14.1 Å². The third-order valence-electron chi connectivity index (χ3n) is 16.3. The molecule has 0 amide bonds. The molecule has 1 aliphatic rings. The normalized spacial score (nSPS) is 14.1. The molecule has 5 heterocycles. The molecular weight excluding hydrogens is 1220 g/mol.